The Hall–Kier alpha value is -6.90. The molecule has 0 aliphatic rings. The fraction of sp³-hybridized carbons (Fsp3) is 0. The quantitative estimate of drug-likeness (QED) is 0.172. The van der Waals surface area contributed by atoms with Crippen molar-refractivity contribution in [2.24, 2.45) is 0 Å². The Bertz CT molecular complexity index is 2900. The molecule has 2 nitrogen and oxygen atoms in total. The summed E-state index contributed by atoms with van der Waals surface area (Å²) in [5.74, 6) is 0. The number of rotatable bonds is 6. The molecule has 0 unspecified atom stereocenters. The van der Waals surface area contributed by atoms with Gasteiger partial charge in [0.15, 0.2) is 0 Å². The summed E-state index contributed by atoms with van der Waals surface area (Å²) in [7, 11) is 0. The molecule has 52 heavy (non-hydrogen) atoms. The zero-order valence-electron chi connectivity index (χ0n) is 28.5. The molecule has 0 atom stereocenters. The molecule has 0 fully saturated rings. The summed E-state index contributed by atoms with van der Waals surface area (Å²) >= 11 is 0. The molecular weight excluding hydrogens is 629 g/mol. The van der Waals surface area contributed by atoms with Crippen molar-refractivity contribution in [1.29, 1.82) is 0 Å². The molecule has 0 bridgehead atoms. The van der Waals surface area contributed by atoms with Crippen molar-refractivity contribution >= 4 is 60.4 Å². The molecule has 0 saturated carbocycles. The third kappa shape index (κ3) is 5.04. The molecule has 0 saturated heterocycles. The summed E-state index contributed by atoms with van der Waals surface area (Å²) in [4.78, 5) is 2.43. The van der Waals surface area contributed by atoms with Gasteiger partial charge in [-0.05, 0) is 111 Å². The van der Waals surface area contributed by atoms with Gasteiger partial charge in [-0.1, -0.05) is 140 Å². The molecule has 0 aliphatic carbocycles. The Balaban J connectivity index is 1.25. The minimum Gasteiger partial charge on any atom is -0.310 e. The smallest absolute Gasteiger partial charge is 0.0562 e. The molecule has 0 radical (unpaired) electrons. The van der Waals surface area contributed by atoms with Crippen molar-refractivity contribution in [3.05, 3.63) is 206 Å². The van der Waals surface area contributed by atoms with Crippen molar-refractivity contribution in [3.8, 4) is 27.9 Å². The second-order valence-corrected chi connectivity index (χ2v) is 13.4. The Labute approximate surface area is 303 Å². The van der Waals surface area contributed by atoms with Gasteiger partial charge in [-0.15, -0.1) is 0 Å². The van der Waals surface area contributed by atoms with Gasteiger partial charge in [0.05, 0.1) is 16.7 Å². The largest absolute Gasteiger partial charge is 0.310 e. The van der Waals surface area contributed by atoms with E-state index in [0.29, 0.717) is 0 Å². The lowest BCUT2D eigenvalue weighted by Gasteiger charge is -2.28. The lowest BCUT2D eigenvalue weighted by Crippen LogP contribution is -2.10. The highest BCUT2D eigenvalue weighted by Gasteiger charge is 2.22. The topological polar surface area (TPSA) is 8.17 Å². The molecule has 0 spiro atoms. The zero-order valence-corrected chi connectivity index (χ0v) is 28.5. The monoisotopic (exact) mass is 662 g/mol. The molecule has 244 valence electrons. The van der Waals surface area contributed by atoms with Gasteiger partial charge in [-0.3, -0.25) is 0 Å². The van der Waals surface area contributed by atoms with Gasteiger partial charge in [0.2, 0.25) is 0 Å². The Kier molecular flexibility index (Phi) is 7.18. The van der Waals surface area contributed by atoms with E-state index in [9.17, 15) is 0 Å². The molecule has 1 heterocycles. The molecular formula is C50H34N2. The fourth-order valence-corrected chi connectivity index (χ4v) is 7.92. The third-order valence-electron chi connectivity index (χ3n) is 10.3. The van der Waals surface area contributed by atoms with E-state index >= 15 is 0 Å². The normalized spacial score (nSPS) is 11.5. The van der Waals surface area contributed by atoms with Crippen molar-refractivity contribution in [2.45, 2.75) is 0 Å². The van der Waals surface area contributed by atoms with E-state index in [4.69, 9.17) is 0 Å². The first kappa shape index (κ1) is 30.0. The Morgan fingerprint density at radius 3 is 1.63 bits per heavy atom. The predicted molar refractivity (Wildman–Crippen MR) is 221 cm³/mol. The van der Waals surface area contributed by atoms with Crippen LogP contribution in [0.5, 0.6) is 0 Å². The summed E-state index contributed by atoms with van der Waals surface area (Å²) in [5.41, 5.74) is 11.6. The van der Waals surface area contributed by atoms with Gasteiger partial charge in [-0.25, -0.2) is 0 Å². The van der Waals surface area contributed by atoms with E-state index in [2.05, 4.69) is 216 Å². The molecule has 0 N–H and O–H groups in total. The summed E-state index contributed by atoms with van der Waals surface area (Å²) in [6, 6.07) is 74.8. The van der Waals surface area contributed by atoms with E-state index in [0.717, 1.165) is 22.7 Å². The molecule has 0 amide bonds. The van der Waals surface area contributed by atoms with Crippen LogP contribution in [-0.2, 0) is 0 Å². The SMILES string of the molecule is c1ccc(N(c2ccc(-c3ccc4ccccc4c3)c(-c3ccc4ccccc4c3)c2)c2cccc3c2c2ccccc2n3-c2ccccc2)cc1. The van der Waals surface area contributed by atoms with Crippen LogP contribution in [-0.4, -0.2) is 4.57 Å². The van der Waals surface area contributed by atoms with Gasteiger partial charge >= 0.3 is 0 Å². The highest BCUT2D eigenvalue weighted by atomic mass is 15.1. The van der Waals surface area contributed by atoms with Gasteiger partial charge in [0.25, 0.3) is 0 Å². The van der Waals surface area contributed by atoms with Crippen molar-refractivity contribution in [2.75, 3.05) is 4.90 Å². The maximum absolute atomic E-state index is 2.43. The number of aromatic nitrogens is 1. The van der Waals surface area contributed by atoms with Crippen LogP contribution in [0.4, 0.5) is 17.1 Å². The summed E-state index contributed by atoms with van der Waals surface area (Å²) in [5, 5.41) is 7.39. The second kappa shape index (κ2) is 12.5. The van der Waals surface area contributed by atoms with Crippen LogP contribution < -0.4 is 4.90 Å². The number of hydrogen-bond acceptors (Lipinski definition) is 1. The number of benzene rings is 9. The lowest BCUT2D eigenvalue weighted by atomic mass is 9.91. The fourth-order valence-electron chi connectivity index (χ4n) is 7.92. The molecule has 9 aromatic carbocycles. The van der Waals surface area contributed by atoms with E-state index in [1.165, 1.54) is 65.6 Å². The predicted octanol–water partition coefficient (Wildman–Crippen LogP) is 13.9. The minimum absolute atomic E-state index is 1.10. The summed E-state index contributed by atoms with van der Waals surface area (Å²) < 4.78 is 2.39. The zero-order chi connectivity index (χ0) is 34.4. The van der Waals surface area contributed by atoms with Crippen molar-refractivity contribution in [1.82, 2.24) is 4.57 Å². The van der Waals surface area contributed by atoms with Crippen molar-refractivity contribution in [3.63, 3.8) is 0 Å². The van der Waals surface area contributed by atoms with E-state index < -0.39 is 0 Å². The van der Waals surface area contributed by atoms with Crippen molar-refractivity contribution < 1.29 is 0 Å². The first-order chi connectivity index (χ1) is 25.8. The first-order valence-electron chi connectivity index (χ1n) is 17.9. The average Bonchev–Trinajstić information content (AvgIpc) is 3.56. The second-order valence-electron chi connectivity index (χ2n) is 13.4. The van der Waals surface area contributed by atoms with Gasteiger partial charge in [0, 0.05) is 27.8 Å². The Morgan fingerprint density at radius 1 is 0.346 bits per heavy atom. The maximum Gasteiger partial charge on any atom is 0.0562 e. The number of para-hydroxylation sites is 3. The highest BCUT2D eigenvalue weighted by molar-refractivity contribution is 6.16. The molecule has 2 heteroatoms. The van der Waals surface area contributed by atoms with E-state index in [1.54, 1.807) is 0 Å². The summed E-state index contributed by atoms with van der Waals surface area (Å²) in [6.07, 6.45) is 0. The molecule has 1 aromatic heterocycles. The molecule has 10 aromatic rings. The van der Waals surface area contributed by atoms with Crippen LogP contribution in [0.3, 0.4) is 0 Å². The van der Waals surface area contributed by atoms with Crippen LogP contribution in [0.25, 0.3) is 71.3 Å². The number of hydrogen-bond donors (Lipinski definition) is 0. The minimum atomic E-state index is 1.10. The number of nitrogens with zero attached hydrogens (tertiary/aromatic N) is 2. The maximum atomic E-state index is 2.43. The standard InChI is InChI=1S/C50H34N2/c1-3-18-41(19-4-1)51(48-24-13-25-49-50(48)45-22-11-12-23-47(45)52(49)42-20-5-2-6-21-42)43-30-31-44(39-28-26-35-14-7-9-16-37(35)32-39)46(34-43)40-29-27-36-15-8-10-17-38(36)33-40/h1-34H. The Morgan fingerprint density at radius 2 is 0.923 bits per heavy atom. The third-order valence-corrected chi connectivity index (χ3v) is 10.3. The van der Waals surface area contributed by atoms with Crippen LogP contribution in [0.1, 0.15) is 0 Å². The van der Waals surface area contributed by atoms with Crippen LogP contribution >= 0.6 is 0 Å². The van der Waals surface area contributed by atoms with Crippen LogP contribution in [0, 0.1) is 0 Å². The first-order valence-corrected chi connectivity index (χ1v) is 17.9. The van der Waals surface area contributed by atoms with Gasteiger partial charge in [-0.2, -0.15) is 0 Å². The number of fused-ring (bicyclic) bond motifs is 5. The lowest BCUT2D eigenvalue weighted by molar-refractivity contribution is 1.18. The van der Waals surface area contributed by atoms with E-state index in [1.807, 2.05) is 0 Å². The average molecular weight is 663 g/mol. The number of anilines is 3. The summed E-state index contributed by atoms with van der Waals surface area (Å²) in [6.45, 7) is 0. The van der Waals surface area contributed by atoms with Gasteiger partial charge < -0.3 is 9.47 Å². The molecule has 0 aliphatic heterocycles. The van der Waals surface area contributed by atoms with Crippen LogP contribution in [0.2, 0.25) is 0 Å². The van der Waals surface area contributed by atoms with Gasteiger partial charge in [0.1, 0.15) is 0 Å². The van der Waals surface area contributed by atoms with Crippen LogP contribution in [0.15, 0.2) is 206 Å². The van der Waals surface area contributed by atoms with E-state index in [-0.39, 0.29) is 0 Å². The molecule has 10 rings (SSSR count). The highest BCUT2D eigenvalue weighted by Crippen LogP contribution is 2.46.